The zero-order valence-corrected chi connectivity index (χ0v) is 18.2. The fourth-order valence-corrected chi connectivity index (χ4v) is 5.18. The number of carbonyl (C=O) groups excluding carboxylic acids is 2. The van der Waals surface area contributed by atoms with Gasteiger partial charge in [-0.05, 0) is 50.2 Å². The van der Waals surface area contributed by atoms with Crippen molar-refractivity contribution in [2.75, 3.05) is 27.2 Å². The molecule has 0 radical (unpaired) electrons. The Bertz CT molecular complexity index is 939. The van der Waals surface area contributed by atoms with Gasteiger partial charge in [0, 0.05) is 32.3 Å². The average molecular weight is 431 g/mol. The summed E-state index contributed by atoms with van der Waals surface area (Å²) in [6, 6.07) is 5.05. The Kier molecular flexibility index (Phi) is 6.22. The Balaban J connectivity index is 1.49. The number of nitrogens with two attached hydrogens (primary N) is 1. The quantitative estimate of drug-likeness (QED) is 0.777. The zero-order chi connectivity index (χ0) is 22.1. The van der Waals surface area contributed by atoms with Crippen LogP contribution in [0.3, 0.4) is 0 Å². The molecule has 3 atom stereocenters. The van der Waals surface area contributed by atoms with Crippen LogP contribution in [0.25, 0.3) is 5.65 Å². The largest absolute Gasteiger partial charge is 0.349 e. The molecule has 8 nitrogen and oxygen atoms in total. The zero-order valence-electron chi connectivity index (χ0n) is 18.2. The second kappa shape index (κ2) is 8.90. The van der Waals surface area contributed by atoms with E-state index in [0.717, 1.165) is 37.0 Å². The highest BCUT2D eigenvalue weighted by molar-refractivity contribution is 5.90. The van der Waals surface area contributed by atoms with E-state index in [9.17, 15) is 14.0 Å². The predicted octanol–water partition coefficient (Wildman–Crippen LogP) is 1.61. The fraction of sp³-hybridized carbons (Fsp3) is 0.636. The summed E-state index contributed by atoms with van der Waals surface area (Å²) in [5.74, 6) is -0.698. The minimum Gasteiger partial charge on any atom is -0.349 e. The van der Waals surface area contributed by atoms with Gasteiger partial charge in [0.05, 0.1) is 18.5 Å². The van der Waals surface area contributed by atoms with Crippen molar-refractivity contribution in [1.29, 1.82) is 0 Å². The van der Waals surface area contributed by atoms with E-state index in [2.05, 4.69) is 16.1 Å². The lowest BCUT2D eigenvalue weighted by molar-refractivity contribution is -0.143. The van der Waals surface area contributed by atoms with Crippen LogP contribution >= 0.6 is 0 Å². The second-order valence-corrected chi connectivity index (χ2v) is 9.05. The van der Waals surface area contributed by atoms with Crippen LogP contribution in [0.1, 0.15) is 43.7 Å². The lowest BCUT2D eigenvalue weighted by Crippen LogP contribution is -2.54. The third kappa shape index (κ3) is 4.28. The van der Waals surface area contributed by atoms with Crippen molar-refractivity contribution < 1.29 is 14.0 Å². The number of aromatic nitrogens is 3. The van der Waals surface area contributed by atoms with E-state index in [0.29, 0.717) is 18.9 Å². The van der Waals surface area contributed by atoms with Gasteiger partial charge in [-0.3, -0.25) is 9.59 Å². The predicted molar refractivity (Wildman–Crippen MR) is 114 cm³/mol. The van der Waals surface area contributed by atoms with Crippen molar-refractivity contribution in [2.24, 2.45) is 17.6 Å². The first-order valence-corrected chi connectivity index (χ1v) is 11.0. The van der Waals surface area contributed by atoms with Crippen molar-refractivity contribution in [1.82, 2.24) is 24.4 Å². The van der Waals surface area contributed by atoms with Gasteiger partial charge in [-0.15, -0.1) is 0 Å². The summed E-state index contributed by atoms with van der Waals surface area (Å²) in [5, 5.41) is 4.35. The summed E-state index contributed by atoms with van der Waals surface area (Å²) in [4.78, 5) is 33.2. The Morgan fingerprint density at radius 1 is 1.19 bits per heavy atom. The first-order chi connectivity index (χ1) is 14.9. The Labute approximate surface area is 181 Å². The molecule has 168 valence electrons. The van der Waals surface area contributed by atoms with Gasteiger partial charge in [-0.1, -0.05) is 6.07 Å². The number of halogens is 1. The van der Waals surface area contributed by atoms with Crippen LogP contribution < -0.4 is 5.73 Å². The van der Waals surface area contributed by atoms with Crippen LogP contribution in [0.4, 0.5) is 4.39 Å². The molecule has 31 heavy (non-hydrogen) atoms. The smallest absolute Gasteiger partial charge is 0.240 e. The lowest BCUT2D eigenvalue weighted by atomic mass is 9.72. The number of hydrogen-bond donors (Lipinski definition) is 1. The standard InChI is InChI=1S/C22H31FN6O2/c1-27(2)21(30)19(20(24)22(31)28-11-10-16(23)12-28)15-8-6-14(7-9-15)17-4-3-5-18-25-13-26-29(17)18/h3-5,13-16,19-20H,6-12,24H2,1-2H3/t14?,15?,16-,19-,20-/m0/s1. The minimum absolute atomic E-state index is 0.0174. The number of hydrogen-bond acceptors (Lipinski definition) is 5. The van der Waals surface area contributed by atoms with Crippen LogP contribution in [0, 0.1) is 11.8 Å². The normalized spacial score (nSPS) is 26.1. The molecule has 2 aromatic heterocycles. The van der Waals surface area contributed by atoms with Gasteiger partial charge >= 0.3 is 0 Å². The third-order valence-electron chi connectivity index (χ3n) is 6.87. The van der Waals surface area contributed by atoms with Gasteiger partial charge in [-0.2, -0.15) is 5.10 Å². The number of amides is 2. The third-order valence-corrected chi connectivity index (χ3v) is 6.87. The summed E-state index contributed by atoms with van der Waals surface area (Å²) in [6.07, 6.45) is 4.26. The van der Waals surface area contributed by atoms with E-state index in [1.165, 1.54) is 9.80 Å². The summed E-state index contributed by atoms with van der Waals surface area (Å²) in [5.41, 5.74) is 8.32. The molecule has 1 aliphatic carbocycles. The van der Waals surface area contributed by atoms with Crippen LogP contribution in [-0.2, 0) is 9.59 Å². The molecule has 2 N–H and O–H groups in total. The van der Waals surface area contributed by atoms with Gasteiger partial charge in [0.25, 0.3) is 0 Å². The van der Waals surface area contributed by atoms with Crippen molar-refractivity contribution in [3.63, 3.8) is 0 Å². The molecule has 2 aromatic rings. The first kappa shape index (κ1) is 21.7. The molecular weight excluding hydrogens is 399 g/mol. The summed E-state index contributed by atoms with van der Waals surface area (Å²) < 4.78 is 15.5. The van der Waals surface area contributed by atoms with Crippen molar-refractivity contribution in [3.05, 3.63) is 30.2 Å². The van der Waals surface area contributed by atoms with Crippen molar-refractivity contribution >= 4 is 17.5 Å². The van der Waals surface area contributed by atoms with Crippen LogP contribution in [0.15, 0.2) is 24.5 Å². The number of rotatable bonds is 5. The Morgan fingerprint density at radius 3 is 2.58 bits per heavy atom. The van der Waals surface area contributed by atoms with Crippen LogP contribution in [0.2, 0.25) is 0 Å². The minimum atomic E-state index is -1.01. The maximum absolute atomic E-state index is 13.6. The Morgan fingerprint density at radius 2 is 1.94 bits per heavy atom. The molecule has 9 heteroatoms. The van der Waals surface area contributed by atoms with Crippen molar-refractivity contribution in [3.8, 4) is 0 Å². The molecule has 1 saturated carbocycles. The first-order valence-electron chi connectivity index (χ1n) is 11.0. The van der Waals surface area contributed by atoms with Gasteiger partial charge in [0.1, 0.15) is 12.5 Å². The molecule has 0 spiro atoms. The maximum atomic E-state index is 13.6. The summed E-state index contributed by atoms with van der Waals surface area (Å²) in [7, 11) is 3.38. The van der Waals surface area contributed by atoms with E-state index >= 15 is 0 Å². The molecule has 3 heterocycles. The van der Waals surface area contributed by atoms with E-state index < -0.39 is 18.1 Å². The van der Waals surface area contributed by atoms with Crippen molar-refractivity contribution in [2.45, 2.75) is 50.2 Å². The fourth-order valence-electron chi connectivity index (χ4n) is 5.18. The number of carbonyl (C=O) groups is 2. The van der Waals surface area contributed by atoms with Gasteiger partial charge in [0.15, 0.2) is 5.65 Å². The monoisotopic (exact) mass is 430 g/mol. The van der Waals surface area contributed by atoms with E-state index in [-0.39, 0.29) is 24.3 Å². The lowest BCUT2D eigenvalue weighted by Gasteiger charge is -2.37. The van der Waals surface area contributed by atoms with E-state index in [1.807, 2.05) is 16.6 Å². The molecule has 1 saturated heterocycles. The highest BCUT2D eigenvalue weighted by atomic mass is 19.1. The SMILES string of the molecule is CN(C)C(=O)[C@@H](C1CCC(c2cccc3ncnn23)CC1)[C@H](N)C(=O)N1CC[C@H](F)C1. The maximum Gasteiger partial charge on any atom is 0.240 e. The Hall–Kier alpha value is -2.55. The second-order valence-electron chi connectivity index (χ2n) is 9.05. The molecule has 0 aromatic carbocycles. The van der Waals surface area contributed by atoms with Gasteiger partial charge in [0.2, 0.25) is 11.8 Å². The molecule has 0 unspecified atom stereocenters. The van der Waals surface area contributed by atoms with E-state index in [4.69, 9.17) is 5.73 Å². The molecular formula is C22H31FN6O2. The molecule has 4 rings (SSSR count). The highest BCUT2D eigenvalue weighted by Crippen LogP contribution is 2.40. The molecule has 2 amide bonds. The molecule has 2 fully saturated rings. The number of likely N-dealkylation sites (tertiary alicyclic amines) is 1. The van der Waals surface area contributed by atoms with Crippen LogP contribution in [0.5, 0.6) is 0 Å². The van der Waals surface area contributed by atoms with E-state index in [1.54, 1.807) is 20.4 Å². The van der Waals surface area contributed by atoms with Gasteiger partial charge in [-0.25, -0.2) is 13.9 Å². The number of pyridine rings is 1. The number of fused-ring (bicyclic) bond motifs is 1. The summed E-state index contributed by atoms with van der Waals surface area (Å²) in [6.45, 7) is 0.440. The highest BCUT2D eigenvalue weighted by Gasteiger charge is 2.42. The van der Waals surface area contributed by atoms with Crippen LogP contribution in [-0.4, -0.2) is 75.6 Å². The molecule has 2 aliphatic rings. The summed E-state index contributed by atoms with van der Waals surface area (Å²) >= 11 is 0. The molecule has 1 aliphatic heterocycles. The number of alkyl halides is 1. The number of nitrogens with zero attached hydrogens (tertiary/aromatic N) is 5. The van der Waals surface area contributed by atoms with Gasteiger partial charge < -0.3 is 15.5 Å². The average Bonchev–Trinajstić information content (AvgIpc) is 3.42. The molecule has 0 bridgehead atoms. The topological polar surface area (TPSA) is 96.8 Å².